The van der Waals surface area contributed by atoms with Crippen molar-refractivity contribution in [2.75, 3.05) is 6.61 Å². The van der Waals surface area contributed by atoms with Crippen molar-refractivity contribution in [1.29, 1.82) is 0 Å². The van der Waals surface area contributed by atoms with Gasteiger partial charge in [0.05, 0.1) is 4.90 Å². The minimum atomic E-state index is -3.82. The summed E-state index contributed by atoms with van der Waals surface area (Å²) in [6.45, 7) is 3.65. The van der Waals surface area contributed by atoms with Crippen molar-refractivity contribution >= 4 is 10.1 Å². The molecule has 0 aliphatic rings. The molecule has 1 atom stereocenters. The highest BCUT2D eigenvalue weighted by atomic mass is 32.2. The van der Waals surface area contributed by atoms with Gasteiger partial charge < -0.3 is 9.47 Å². The third-order valence-corrected chi connectivity index (χ3v) is 5.32. The van der Waals surface area contributed by atoms with Gasteiger partial charge in [-0.05, 0) is 62.4 Å². The van der Waals surface area contributed by atoms with Crippen LogP contribution in [0.25, 0.3) is 0 Å². The first-order chi connectivity index (χ1) is 13.4. The molecule has 5 nitrogen and oxygen atoms in total. The van der Waals surface area contributed by atoms with Crippen LogP contribution in [0.3, 0.4) is 0 Å². The Balaban J connectivity index is 1.52. The van der Waals surface area contributed by atoms with Crippen LogP contribution in [-0.2, 0) is 14.3 Å². The van der Waals surface area contributed by atoms with E-state index in [0.29, 0.717) is 11.5 Å². The van der Waals surface area contributed by atoms with Crippen molar-refractivity contribution < 1.29 is 22.1 Å². The molecule has 0 aromatic heterocycles. The summed E-state index contributed by atoms with van der Waals surface area (Å²) >= 11 is 0. The Morgan fingerprint density at radius 1 is 0.786 bits per heavy atom. The Morgan fingerprint density at radius 3 is 2.00 bits per heavy atom. The summed E-state index contributed by atoms with van der Waals surface area (Å²) in [5.41, 5.74) is 0.982. The van der Waals surface area contributed by atoms with Crippen LogP contribution in [0.15, 0.2) is 83.8 Å². The van der Waals surface area contributed by atoms with E-state index in [9.17, 15) is 8.42 Å². The molecule has 0 heterocycles. The Kier molecular flexibility index (Phi) is 6.34. The van der Waals surface area contributed by atoms with E-state index >= 15 is 0 Å². The maximum Gasteiger partial charge on any atom is 0.297 e. The molecule has 146 valence electrons. The smallest absolute Gasteiger partial charge is 0.297 e. The summed E-state index contributed by atoms with van der Waals surface area (Å²) in [5, 5.41) is 0. The number of hydrogen-bond donors (Lipinski definition) is 0. The molecule has 0 spiro atoms. The zero-order chi connectivity index (χ0) is 20.0. The van der Waals surface area contributed by atoms with E-state index in [-0.39, 0.29) is 11.5 Å². The van der Waals surface area contributed by atoms with Crippen LogP contribution in [0, 0.1) is 6.92 Å². The molecule has 3 rings (SSSR count). The lowest BCUT2D eigenvalue weighted by molar-refractivity contribution is 0.149. The van der Waals surface area contributed by atoms with Crippen LogP contribution in [-0.4, -0.2) is 21.1 Å². The monoisotopic (exact) mass is 398 g/mol. The van der Waals surface area contributed by atoms with E-state index < -0.39 is 16.2 Å². The van der Waals surface area contributed by atoms with Crippen LogP contribution in [0.5, 0.6) is 17.2 Å². The Bertz CT molecular complexity index is 981. The maximum atomic E-state index is 12.3. The Labute approximate surface area is 165 Å². The van der Waals surface area contributed by atoms with Crippen molar-refractivity contribution in [2.45, 2.75) is 24.8 Å². The minimum Gasteiger partial charge on any atom is -0.491 e. The van der Waals surface area contributed by atoms with Crippen LogP contribution < -0.4 is 9.47 Å². The molecule has 0 amide bonds. The first kappa shape index (κ1) is 19.9. The molecular formula is C22H22O5S. The number of ether oxygens (including phenoxy) is 2. The van der Waals surface area contributed by atoms with E-state index in [2.05, 4.69) is 0 Å². The molecule has 0 aliphatic heterocycles. The number of aryl methyl sites for hydroxylation is 1. The van der Waals surface area contributed by atoms with E-state index in [1.165, 1.54) is 12.1 Å². The highest BCUT2D eigenvalue weighted by Crippen LogP contribution is 2.24. The van der Waals surface area contributed by atoms with Gasteiger partial charge in [-0.1, -0.05) is 35.9 Å². The average molecular weight is 398 g/mol. The van der Waals surface area contributed by atoms with E-state index in [4.69, 9.17) is 13.7 Å². The second-order valence-electron chi connectivity index (χ2n) is 6.37. The van der Waals surface area contributed by atoms with Gasteiger partial charge in [0.1, 0.15) is 30.0 Å². The second kappa shape index (κ2) is 8.91. The third kappa shape index (κ3) is 5.58. The normalized spacial score (nSPS) is 12.4. The molecule has 0 radical (unpaired) electrons. The highest BCUT2D eigenvalue weighted by Gasteiger charge is 2.19. The Morgan fingerprint density at radius 2 is 1.36 bits per heavy atom. The Hall–Kier alpha value is -2.83. The zero-order valence-corrected chi connectivity index (χ0v) is 16.6. The summed E-state index contributed by atoms with van der Waals surface area (Å²) in [7, 11) is -3.82. The first-order valence-electron chi connectivity index (χ1n) is 8.88. The van der Waals surface area contributed by atoms with Crippen LogP contribution in [0.4, 0.5) is 0 Å². The number of benzene rings is 3. The van der Waals surface area contributed by atoms with Crippen molar-refractivity contribution in [3.05, 3.63) is 84.4 Å². The lowest BCUT2D eigenvalue weighted by Crippen LogP contribution is -2.22. The minimum absolute atomic E-state index is 0.101. The van der Waals surface area contributed by atoms with Crippen LogP contribution in [0.1, 0.15) is 12.5 Å². The topological polar surface area (TPSA) is 61.8 Å². The summed E-state index contributed by atoms with van der Waals surface area (Å²) in [4.78, 5) is 0.132. The standard InChI is InChI=1S/C22H22O5S/c1-17-8-14-22(15-9-17)28(23,24)27-18(2)16-25-19-10-12-21(13-11-19)26-20-6-4-3-5-7-20/h3-15,18H,16H2,1-2H3/t18-/m0/s1. The largest absolute Gasteiger partial charge is 0.491 e. The molecule has 3 aromatic rings. The van der Waals surface area contributed by atoms with Gasteiger partial charge in [-0.3, -0.25) is 4.18 Å². The van der Waals surface area contributed by atoms with Crippen molar-refractivity contribution in [3.8, 4) is 17.2 Å². The lowest BCUT2D eigenvalue weighted by atomic mass is 10.2. The fraction of sp³-hybridized carbons (Fsp3) is 0.182. The van der Waals surface area contributed by atoms with E-state index in [1.807, 2.05) is 37.3 Å². The van der Waals surface area contributed by atoms with Crippen molar-refractivity contribution in [3.63, 3.8) is 0 Å². The quantitative estimate of drug-likeness (QED) is 0.502. The SMILES string of the molecule is Cc1ccc(S(=O)(=O)O[C@@H](C)COc2ccc(Oc3ccccc3)cc2)cc1. The van der Waals surface area contributed by atoms with Gasteiger partial charge in [0.15, 0.2) is 0 Å². The summed E-state index contributed by atoms with van der Waals surface area (Å²) in [6, 6.07) is 23.1. The second-order valence-corrected chi connectivity index (χ2v) is 7.94. The number of rotatable bonds is 8. The van der Waals surface area contributed by atoms with Gasteiger partial charge in [0.25, 0.3) is 10.1 Å². The predicted molar refractivity (Wildman–Crippen MR) is 107 cm³/mol. The van der Waals surface area contributed by atoms with E-state index in [1.54, 1.807) is 43.3 Å². The highest BCUT2D eigenvalue weighted by molar-refractivity contribution is 7.86. The first-order valence-corrected chi connectivity index (χ1v) is 10.3. The average Bonchev–Trinajstić information content (AvgIpc) is 2.68. The number of para-hydroxylation sites is 1. The van der Waals surface area contributed by atoms with Gasteiger partial charge in [-0.2, -0.15) is 8.42 Å². The molecular weight excluding hydrogens is 376 g/mol. The fourth-order valence-electron chi connectivity index (χ4n) is 2.45. The van der Waals surface area contributed by atoms with Gasteiger partial charge in [0, 0.05) is 0 Å². The molecule has 3 aromatic carbocycles. The fourth-order valence-corrected chi connectivity index (χ4v) is 3.52. The van der Waals surface area contributed by atoms with E-state index in [0.717, 1.165) is 11.3 Å². The van der Waals surface area contributed by atoms with Crippen LogP contribution in [0.2, 0.25) is 0 Å². The zero-order valence-electron chi connectivity index (χ0n) is 15.7. The molecule has 0 unspecified atom stereocenters. The summed E-state index contributed by atoms with van der Waals surface area (Å²) in [5.74, 6) is 2.04. The van der Waals surface area contributed by atoms with Crippen molar-refractivity contribution in [1.82, 2.24) is 0 Å². The molecule has 0 fully saturated rings. The summed E-state index contributed by atoms with van der Waals surface area (Å²) < 4.78 is 41.1. The van der Waals surface area contributed by atoms with Gasteiger partial charge in [-0.15, -0.1) is 0 Å². The third-order valence-electron chi connectivity index (χ3n) is 3.89. The molecule has 0 bridgehead atoms. The maximum absolute atomic E-state index is 12.3. The molecule has 0 saturated heterocycles. The van der Waals surface area contributed by atoms with Crippen molar-refractivity contribution in [2.24, 2.45) is 0 Å². The van der Waals surface area contributed by atoms with Gasteiger partial charge in [-0.25, -0.2) is 0 Å². The van der Waals surface area contributed by atoms with Gasteiger partial charge in [0.2, 0.25) is 0 Å². The van der Waals surface area contributed by atoms with Crippen LogP contribution >= 0.6 is 0 Å². The van der Waals surface area contributed by atoms with Gasteiger partial charge >= 0.3 is 0 Å². The summed E-state index contributed by atoms with van der Waals surface area (Å²) in [6.07, 6.45) is -0.633. The molecule has 0 saturated carbocycles. The molecule has 6 heteroatoms. The molecule has 28 heavy (non-hydrogen) atoms. The predicted octanol–water partition coefficient (Wildman–Crippen LogP) is 4.96. The molecule has 0 N–H and O–H groups in total. The number of hydrogen-bond acceptors (Lipinski definition) is 5. The molecule has 0 aliphatic carbocycles. The lowest BCUT2D eigenvalue weighted by Gasteiger charge is -2.14.